The molecule has 1 amide bonds. The number of rotatable bonds is 6. The maximum Gasteiger partial charge on any atom is 0.420 e. The molecule has 32 heavy (non-hydrogen) atoms. The van der Waals surface area contributed by atoms with Gasteiger partial charge in [0.1, 0.15) is 16.3 Å². The van der Waals surface area contributed by atoms with Crippen LogP contribution in [0.1, 0.15) is 66.2 Å². The lowest BCUT2D eigenvalue weighted by atomic mass is 9.72. The topological polar surface area (TPSA) is 101 Å². The second-order valence-corrected chi connectivity index (χ2v) is 11.6. The van der Waals surface area contributed by atoms with E-state index in [0.717, 1.165) is 12.8 Å². The van der Waals surface area contributed by atoms with Crippen LogP contribution in [0.3, 0.4) is 0 Å². The van der Waals surface area contributed by atoms with E-state index in [1.54, 1.807) is 0 Å². The second-order valence-electron chi connectivity index (χ2n) is 9.52. The fraction of sp³-hybridized carbons (Fsp3) is 0.571. The van der Waals surface area contributed by atoms with Crippen molar-refractivity contribution in [2.75, 3.05) is 11.6 Å². The van der Waals surface area contributed by atoms with E-state index in [4.69, 9.17) is 4.78 Å². The summed E-state index contributed by atoms with van der Waals surface area (Å²) in [6.45, 7) is 0.289. The highest BCUT2D eigenvalue weighted by Gasteiger charge is 2.53. The molecule has 0 aliphatic heterocycles. The number of pyridine rings is 1. The number of halogens is 3. The monoisotopic (exact) mass is 467 g/mol. The van der Waals surface area contributed by atoms with Crippen LogP contribution in [-0.2, 0) is 22.5 Å². The van der Waals surface area contributed by atoms with Crippen molar-refractivity contribution in [2.45, 2.75) is 62.2 Å². The number of hydrogen-bond acceptors (Lipinski definition) is 5. The summed E-state index contributed by atoms with van der Waals surface area (Å²) in [6.07, 6.45) is 3.31. The van der Waals surface area contributed by atoms with Crippen LogP contribution in [0.4, 0.5) is 18.9 Å². The summed E-state index contributed by atoms with van der Waals surface area (Å²) in [5.41, 5.74) is -0.939. The lowest BCUT2D eigenvalue weighted by Gasteiger charge is -2.36. The van der Waals surface area contributed by atoms with Crippen molar-refractivity contribution in [1.82, 2.24) is 14.8 Å². The van der Waals surface area contributed by atoms with Gasteiger partial charge in [0.25, 0.3) is 5.91 Å². The molecule has 11 heteroatoms. The van der Waals surface area contributed by atoms with Crippen LogP contribution in [0.15, 0.2) is 23.4 Å². The van der Waals surface area contributed by atoms with Gasteiger partial charge in [0.2, 0.25) is 0 Å². The average Bonchev–Trinajstić information content (AvgIpc) is 3.57. The maximum atomic E-state index is 14.1. The van der Waals surface area contributed by atoms with Gasteiger partial charge in [0, 0.05) is 30.6 Å². The van der Waals surface area contributed by atoms with Crippen molar-refractivity contribution in [3.63, 3.8) is 0 Å². The molecule has 7 nitrogen and oxygen atoms in total. The minimum Gasteiger partial charge on any atom is -0.320 e. The van der Waals surface area contributed by atoms with E-state index in [9.17, 15) is 22.2 Å². The van der Waals surface area contributed by atoms with Gasteiger partial charge in [-0.05, 0) is 62.0 Å². The van der Waals surface area contributed by atoms with Gasteiger partial charge in [-0.1, -0.05) is 0 Å². The summed E-state index contributed by atoms with van der Waals surface area (Å²) in [5.74, 6) is -0.962. The SMILES string of the molecule is CS(=N)(=O)c1cc(NC(=O)c2c(C(F)(F)F)c(C3CC3)nn2CC2CC3(CC3)C2)ccn1. The quantitative estimate of drug-likeness (QED) is 0.646. The van der Waals surface area contributed by atoms with Crippen LogP contribution < -0.4 is 5.32 Å². The maximum absolute atomic E-state index is 14.1. The molecule has 5 rings (SSSR count). The fourth-order valence-corrected chi connectivity index (χ4v) is 5.39. The number of hydrogen-bond donors (Lipinski definition) is 2. The van der Waals surface area contributed by atoms with Crippen molar-refractivity contribution >= 4 is 21.3 Å². The summed E-state index contributed by atoms with van der Waals surface area (Å²) >= 11 is 0. The summed E-state index contributed by atoms with van der Waals surface area (Å²) in [6, 6.07) is 2.65. The molecule has 172 valence electrons. The van der Waals surface area contributed by atoms with Gasteiger partial charge in [-0.25, -0.2) is 14.0 Å². The van der Waals surface area contributed by atoms with Crippen molar-refractivity contribution < 1.29 is 22.2 Å². The smallest absolute Gasteiger partial charge is 0.320 e. The zero-order chi connectivity index (χ0) is 22.9. The van der Waals surface area contributed by atoms with Crippen molar-refractivity contribution in [2.24, 2.45) is 11.3 Å². The second kappa shape index (κ2) is 7.03. The van der Waals surface area contributed by atoms with Crippen LogP contribution in [0.25, 0.3) is 0 Å². The Labute approximate surface area is 183 Å². The zero-order valence-corrected chi connectivity index (χ0v) is 18.4. The first-order valence-corrected chi connectivity index (χ1v) is 12.6. The van der Waals surface area contributed by atoms with Crippen molar-refractivity contribution in [3.8, 4) is 0 Å². The van der Waals surface area contributed by atoms with Gasteiger partial charge < -0.3 is 5.32 Å². The molecule has 2 aromatic rings. The molecule has 1 atom stereocenters. The highest BCUT2D eigenvalue weighted by molar-refractivity contribution is 7.91. The molecule has 0 radical (unpaired) electrons. The van der Waals surface area contributed by atoms with E-state index in [2.05, 4.69) is 15.4 Å². The Bertz CT molecular complexity index is 1190. The van der Waals surface area contributed by atoms with E-state index >= 15 is 0 Å². The molecule has 2 aromatic heterocycles. The molecule has 3 fully saturated rings. The largest absolute Gasteiger partial charge is 0.420 e. The predicted octanol–water partition coefficient (Wildman–Crippen LogP) is 4.65. The molecule has 0 aromatic carbocycles. The normalized spacial score (nSPS) is 21.8. The minimum atomic E-state index is -4.71. The Kier molecular flexibility index (Phi) is 4.71. The first-order chi connectivity index (χ1) is 15.0. The lowest BCUT2D eigenvalue weighted by Crippen LogP contribution is -2.31. The summed E-state index contributed by atoms with van der Waals surface area (Å²) in [5, 5.41) is 6.73. The Balaban J connectivity index is 1.50. The van der Waals surface area contributed by atoms with Gasteiger partial charge in [0.15, 0.2) is 0 Å². The standard InChI is InChI=1S/C21H24F3N5O2S/c1-32(25,31)15-8-14(4-7-26-15)27-19(30)18-16(21(22,23)24)17(13-2-3-13)28-29(18)11-12-9-20(10-12)5-6-20/h4,7-8,12-13,25H,2-3,5-6,9-11H2,1H3,(H,26,27,30). The molecule has 2 heterocycles. The van der Waals surface area contributed by atoms with E-state index in [1.165, 1.54) is 42.1 Å². The van der Waals surface area contributed by atoms with E-state index < -0.39 is 33.1 Å². The molecular weight excluding hydrogens is 443 g/mol. The zero-order valence-electron chi connectivity index (χ0n) is 17.5. The van der Waals surface area contributed by atoms with Crippen LogP contribution in [-0.4, -0.2) is 31.1 Å². The number of alkyl halides is 3. The fourth-order valence-electron chi connectivity index (χ4n) is 4.78. The number of nitrogens with zero attached hydrogens (tertiary/aromatic N) is 3. The molecular formula is C21H24F3N5O2S. The van der Waals surface area contributed by atoms with Gasteiger partial charge in [0.05, 0.1) is 15.4 Å². The first kappa shape index (κ1) is 21.4. The van der Waals surface area contributed by atoms with Crippen LogP contribution in [0.5, 0.6) is 0 Å². The summed E-state index contributed by atoms with van der Waals surface area (Å²) in [7, 11) is -3.14. The molecule has 3 aliphatic carbocycles. The molecule has 2 N–H and O–H groups in total. The number of nitrogens with one attached hydrogen (secondary N) is 2. The van der Waals surface area contributed by atoms with Gasteiger partial charge in [-0.3, -0.25) is 9.48 Å². The summed E-state index contributed by atoms with van der Waals surface area (Å²) < 4.78 is 63.1. The highest BCUT2D eigenvalue weighted by atomic mass is 32.2. The Morgan fingerprint density at radius 2 is 2.03 bits per heavy atom. The molecule has 0 saturated heterocycles. The molecule has 3 saturated carbocycles. The predicted molar refractivity (Wildman–Crippen MR) is 111 cm³/mol. The Morgan fingerprint density at radius 1 is 1.34 bits per heavy atom. The van der Waals surface area contributed by atoms with Crippen LogP contribution >= 0.6 is 0 Å². The van der Waals surface area contributed by atoms with E-state index in [-0.39, 0.29) is 34.8 Å². The molecule has 1 spiro atoms. The van der Waals surface area contributed by atoms with Gasteiger partial charge >= 0.3 is 6.18 Å². The van der Waals surface area contributed by atoms with Crippen LogP contribution in [0, 0.1) is 16.1 Å². The van der Waals surface area contributed by atoms with Crippen molar-refractivity contribution in [1.29, 1.82) is 4.78 Å². The lowest BCUT2D eigenvalue weighted by molar-refractivity contribution is -0.138. The number of carbonyl (C=O) groups is 1. The minimum absolute atomic E-state index is 0.0405. The van der Waals surface area contributed by atoms with E-state index in [0.29, 0.717) is 18.3 Å². The highest BCUT2D eigenvalue weighted by Crippen LogP contribution is 2.63. The van der Waals surface area contributed by atoms with Crippen molar-refractivity contribution in [3.05, 3.63) is 35.3 Å². The molecule has 1 unspecified atom stereocenters. The third-order valence-electron chi connectivity index (χ3n) is 6.67. The molecule has 3 aliphatic rings. The van der Waals surface area contributed by atoms with E-state index in [1.807, 2.05) is 0 Å². The van der Waals surface area contributed by atoms with Crippen LogP contribution in [0.2, 0.25) is 0 Å². The Hall–Kier alpha value is -2.43. The number of carbonyl (C=O) groups excluding carboxylic acids is 1. The summed E-state index contributed by atoms with van der Waals surface area (Å²) in [4.78, 5) is 17.0. The first-order valence-electron chi connectivity index (χ1n) is 10.6. The number of amides is 1. The third kappa shape index (κ3) is 4.02. The molecule has 0 bridgehead atoms. The van der Waals surface area contributed by atoms with Gasteiger partial charge in [-0.15, -0.1) is 0 Å². The Morgan fingerprint density at radius 3 is 2.59 bits per heavy atom. The third-order valence-corrected chi connectivity index (χ3v) is 7.69. The van der Waals surface area contributed by atoms with Gasteiger partial charge in [-0.2, -0.15) is 18.3 Å². The average molecular weight is 468 g/mol. The number of aromatic nitrogens is 3. The number of anilines is 1.